The Balaban J connectivity index is 2.23. The number of carbonyl (C=O) groups is 1. The van der Waals surface area contributed by atoms with E-state index in [0.29, 0.717) is 17.0 Å². The summed E-state index contributed by atoms with van der Waals surface area (Å²) in [5, 5.41) is 12.6. The van der Waals surface area contributed by atoms with Crippen LogP contribution in [0, 0.1) is 6.92 Å². The molecule has 1 heterocycles. The van der Waals surface area contributed by atoms with Gasteiger partial charge in [0.1, 0.15) is 4.60 Å². The van der Waals surface area contributed by atoms with Gasteiger partial charge in [0.25, 0.3) is 5.91 Å². The number of aliphatic hydroxyl groups excluding tert-OH is 1. The number of nitrogens with one attached hydrogen (secondary N) is 1. The van der Waals surface area contributed by atoms with Crippen molar-refractivity contribution in [1.29, 1.82) is 0 Å². The third-order valence-corrected chi connectivity index (χ3v) is 3.83. The van der Waals surface area contributed by atoms with Gasteiger partial charge in [0.15, 0.2) is 11.4 Å². The zero-order valence-electron chi connectivity index (χ0n) is 11.6. The molecule has 2 atom stereocenters. The van der Waals surface area contributed by atoms with Crippen molar-refractivity contribution in [3.63, 3.8) is 0 Å². The maximum absolute atomic E-state index is 12.4. The van der Waals surface area contributed by atoms with E-state index >= 15 is 0 Å². The van der Waals surface area contributed by atoms with Crippen LogP contribution in [0.4, 0.5) is 0 Å². The number of aliphatic hydroxyl groups is 1. The van der Waals surface area contributed by atoms with Gasteiger partial charge in [0.05, 0.1) is 18.8 Å². The molecular weight excluding hydrogens is 324 g/mol. The van der Waals surface area contributed by atoms with Crippen molar-refractivity contribution in [3.05, 3.63) is 21.9 Å². The molecule has 6 heteroatoms. The van der Waals surface area contributed by atoms with E-state index in [1.165, 1.54) is 0 Å². The van der Waals surface area contributed by atoms with Crippen LogP contribution >= 0.6 is 15.9 Å². The van der Waals surface area contributed by atoms with Crippen LogP contribution in [-0.2, 0) is 0 Å². The number of nitrogens with zero attached hydrogens (tertiary/aromatic N) is 1. The van der Waals surface area contributed by atoms with E-state index in [2.05, 4.69) is 26.2 Å². The lowest BCUT2D eigenvalue weighted by Gasteiger charge is -2.18. The molecule has 0 bridgehead atoms. The van der Waals surface area contributed by atoms with Crippen LogP contribution in [0.1, 0.15) is 42.2 Å². The number of amides is 1. The molecule has 1 fully saturated rings. The Morgan fingerprint density at radius 3 is 2.95 bits per heavy atom. The quantitative estimate of drug-likeness (QED) is 0.823. The highest BCUT2D eigenvalue weighted by molar-refractivity contribution is 9.10. The molecule has 1 aromatic rings. The first-order valence-electron chi connectivity index (χ1n) is 6.81. The van der Waals surface area contributed by atoms with Gasteiger partial charge >= 0.3 is 0 Å². The Kier molecular flexibility index (Phi) is 4.99. The molecule has 0 spiro atoms. The van der Waals surface area contributed by atoms with Gasteiger partial charge < -0.3 is 15.2 Å². The van der Waals surface area contributed by atoms with E-state index in [1.807, 2.05) is 19.9 Å². The number of pyridine rings is 1. The number of hydrogen-bond donors (Lipinski definition) is 2. The first-order valence-corrected chi connectivity index (χ1v) is 7.61. The van der Waals surface area contributed by atoms with Crippen molar-refractivity contribution >= 4 is 21.8 Å². The Hall–Kier alpha value is -1.14. The Labute approximate surface area is 126 Å². The van der Waals surface area contributed by atoms with E-state index in [4.69, 9.17) is 4.74 Å². The topological polar surface area (TPSA) is 71.5 Å². The predicted octanol–water partition coefficient (Wildman–Crippen LogP) is 2.19. The molecule has 0 aliphatic heterocycles. The van der Waals surface area contributed by atoms with Crippen LogP contribution in [0.3, 0.4) is 0 Å². The predicted molar refractivity (Wildman–Crippen MR) is 79.0 cm³/mol. The smallest absolute Gasteiger partial charge is 0.274 e. The lowest BCUT2D eigenvalue weighted by Crippen LogP contribution is -2.40. The zero-order chi connectivity index (χ0) is 14.7. The molecule has 20 heavy (non-hydrogen) atoms. The fourth-order valence-corrected chi connectivity index (χ4v) is 2.97. The number of halogens is 1. The van der Waals surface area contributed by atoms with Crippen LogP contribution in [0.2, 0.25) is 0 Å². The summed E-state index contributed by atoms with van der Waals surface area (Å²) in [7, 11) is 0. The third kappa shape index (κ3) is 3.30. The van der Waals surface area contributed by atoms with Crippen LogP contribution in [-0.4, -0.2) is 34.8 Å². The minimum atomic E-state index is -0.470. The van der Waals surface area contributed by atoms with Crippen molar-refractivity contribution in [2.75, 3.05) is 6.61 Å². The highest BCUT2D eigenvalue weighted by atomic mass is 79.9. The highest BCUT2D eigenvalue weighted by Gasteiger charge is 2.28. The van der Waals surface area contributed by atoms with Crippen LogP contribution in [0.15, 0.2) is 10.7 Å². The molecule has 1 saturated carbocycles. The van der Waals surface area contributed by atoms with Gasteiger partial charge in [-0.2, -0.15) is 0 Å². The van der Waals surface area contributed by atoms with Gasteiger partial charge in [-0.25, -0.2) is 4.98 Å². The van der Waals surface area contributed by atoms with Crippen molar-refractivity contribution < 1.29 is 14.6 Å². The summed E-state index contributed by atoms with van der Waals surface area (Å²) in [5.41, 5.74) is 1.11. The van der Waals surface area contributed by atoms with E-state index in [-0.39, 0.29) is 17.6 Å². The van der Waals surface area contributed by atoms with Gasteiger partial charge in [-0.1, -0.05) is 0 Å². The van der Waals surface area contributed by atoms with Crippen molar-refractivity contribution in [1.82, 2.24) is 10.3 Å². The van der Waals surface area contributed by atoms with Gasteiger partial charge in [-0.15, -0.1) is 0 Å². The lowest BCUT2D eigenvalue weighted by atomic mass is 10.1. The molecule has 2 N–H and O–H groups in total. The third-order valence-electron chi connectivity index (χ3n) is 3.43. The number of ether oxygens (including phenoxy) is 1. The molecule has 1 aromatic heterocycles. The van der Waals surface area contributed by atoms with Gasteiger partial charge in [0, 0.05) is 0 Å². The molecule has 1 unspecified atom stereocenters. The second kappa shape index (κ2) is 6.54. The number of aromatic nitrogens is 1. The summed E-state index contributed by atoms with van der Waals surface area (Å²) in [6, 6.07) is 1.62. The molecule has 0 saturated heterocycles. The maximum Gasteiger partial charge on any atom is 0.274 e. The number of aryl methyl sites for hydroxylation is 1. The van der Waals surface area contributed by atoms with E-state index < -0.39 is 6.10 Å². The summed E-state index contributed by atoms with van der Waals surface area (Å²) in [5.74, 6) is 0.199. The molecule has 110 valence electrons. The summed E-state index contributed by atoms with van der Waals surface area (Å²) in [4.78, 5) is 16.6. The van der Waals surface area contributed by atoms with Gasteiger partial charge in [-0.3, -0.25) is 4.79 Å². The molecule has 0 aromatic carbocycles. The molecule has 2 rings (SSSR count). The lowest BCUT2D eigenvalue weighted by molar-refractivity contribution is 0.0864. The molecule has 1 amide bonds. The minimum absolute atomic E-state index is 0.196. The minimum Gasteiger partial charge on any atom is -0.491 e. The second-order valence-electron chi connectivity index (χ2n) is 4.95. The summed E-state index contributed by atoms with van der Waals surface area (Å²) < 4.78 is 6.12. The van der Waals surface area contributed by atoms with Crippen molar-refractivity contribution in [2.24, 2.45) is 0 Å². The fourth-order valence-electron chi connectivity index (χ4n) is 2.45. The molecule has 5 nitrogen and oxygen atoms in total. The van der Waals surface area contributed by atoms with Crippen molar-refractivity contribution in [3.8, 4) is 5.75 Å². The largest absolute Gasteiger partial charge is 0.491 e. The monoisotopic (exact) mass is 342 g/mol. The van der Waals surface area contributed by atoms with Crippen LogP contribution in [0.5, 0.6) is 5.75 Å². The van der Waals surface area contributed by atoms with E-state index in [0.717, 1.165) is 24.8 Å². The SMILES string of the molecule is CCOc1c(C)cc(Br)nc1C(=O)NC1CCC[C@H]1O. The zero-order valence-corrected chi connectivity index (χ0v) is 13.2. The summed E-state index contributed by atoms with van der Waals surface area (Å²) in [6.07, 6.45) is 1.98. The highest BCUT2D eigenvalue weighted by Crippen LogP contribution is 2.26. The Bertz CT molecular complexity index is 507. The normalized spacial score (nSPS) is 21.8. The number of hydrogen-bond acceptors (Lipinski definition) is 4. The average molecular weight is 343 g/mol. The Morgan fingerprint density at radius 1 is 1.60 bits per heavy atom. The second-order valence-corrected chi connectivity index (χ2v) is 5.76. The number of carbonyl (C=O) groups excluding carboxylic acids is 1. The molecule has 1 aliphatic rings. The molecule has 0 radical (unpaired) electrons. The van der Waals surface area contributed by atoms with Crippen LogP contribution < -0.4 is 10.1 Å². The van der Waals surface area contributed by atoms with Gasteiger partial charge in [-0.05, 0) is 60.7 Å². The molecule has 1 aliphatic carbocycles. The van der Waals surface area contributed by atoms with E-state index in [1.54, 1.807) is 0 Å². The average Bonchev–Trinajstić information content (AvgIpc) is 2.78. The van der Waals surface area contributed by atoms with Gasteiger partial charge in [0.2, 0.25) is 0 Å². The standard InChI is InChI=1S/C14H19BrN2O3/c1-3-20-13-8(2)7-11(15)17-12(13)14(19)16-9-5-4-6-10(9)18/h7,9-10,18H,3-6H2,1-2H3,(H,16,19)/t9?,10-/m1/s1. The molecular formula is C14H19BrN2O3. The summed E-state index contributed by atoms with van der Waals surface area (Å²) >= 11 is 3.30. The summed E-state index contributed by atoms with van der Waals surface area (Å²) in [6.45, 7) is 4.21. The maximum atomic E-state index is 12.4. The van der Waals surface area contributed by atoms with Crippen molar-refractivity contribution in [2.45, 2.75) is 45.3 Å². The first-order chi connectivity index (χ1) is 9.52. The Morgan fingerprint density at radius 2 is 2.35 bits per heavy atom. The van der Waals surface area contributed by atoms with E-state index in [9.17, 15) is 9.90 Å². The number of rotatable bonds is 4. The fraction of sp³-hybridized carbons (Fsp3) is 0.571. The van der Waals surface area contributed by atoms with Crippen LogP contribution in [0.25, 0.3) is 0 Å². The first kappa shape index (κ1) is 15.3.